The van der Waals surface area contributed by atoms with E-state index in [0.717, 1.165) is 0 Å². The van der Waals surface area contributed by atoms with Crippen molar-refractivity contribution < 1.29 is 14.3 Å². The molecule has 0 aromatic carbocycles. The molecule has 1 aliphatic rings. The molecule has 23 heavy (non-hydrogen) atoms. The van der Waals surface area contributed by atoms with E-state index in [1.165, 1.54) is 0 Å². The Balaban J connectivity index is 1.80. The van der Waals surface area contributed by atoms with Gasteiger partial charge in [-0.1, -0.05) is 11.6 Å². The molecule has 0 radical (unpaired) electrons. The number of fused-ring (bicyclic) bond motifs is 1. The first kappa shape index (κ1) is 16.0. The van der Waals surface area contributed by atoms with Gasteiger partial charge in [0.15, 0.2) is 5.15 Å². The second-order valence-corrected chi connectivity index (χ2v) is 6.73. The van der Waals surface area contributed by atoms with Crippen LogP contribution >= 0.6 is 11.6 Å². The third-order valence-corrected chi connectivity index (χ3v) is 3.74. The van der Waals surface area contributed by atoms with Gasteiger partial charge in [-0.25, -0.2) is 14.8 Å². The van der Waals surface area contributed by atoms with E-state index >= 15 is 0 Å². The van der Waals surface area contributed by atoms with Crippen LogP contribution in [0.5, 0.6) is 0 Å². The molecule has 1 unspecified atom stereocenters. The molecule has 0 saturated carbocycles. The highest BCUT2D eigenvalue weighted by Crippen LogP contribution is 2.25. The number of imidazole rings is 1. The van der Waals surface area contributed by atoms with Crippen molar-refractivity contribution >= 4 is 23.2 Å². The number of nitrogens with zero attached hydrogens (tertiary/aromatic N) is 4. The highest BCUT2D eigenvalue weighted by Gasteiger charge is 2.31. The second kappa shape index (κ2) is 5.98. The normalized spacial score (nSPS) is 19.1. The maximum atomic E-state index is 12.2. The Morgan fingerprint density at radius 1 is 1.43 bits per heavy atom. The Bertz CT molecular complexity index is 725. The average molecular weight is 339 g/mol. The molecule has 0 spiro atoms. The van der Waals surface area contributed by atoms with Crippen molar-refractivity contribution in [2.24, 2.45) is 0 Å². The maximum absolute atomic E-state index is 12.2. The average Bonchev–Trinajstić information content (AvgIpc) is 2.91. The van der Waals surface area contributed by atoms with Crippen LogP contribution < -0.4 is 0 Å². The van der Waals surface area contributed by atoms with Gasteiger partial charge in [0.1, 0.15) is 23.0 Å². The molecule has 3 rings (SSSR count). The van der Waals surface area contributed by atoms with Gasteiger partial charge < -0.3 is 14.4 Å². The molecule has 1 amide bonds. The number of rotatable bonds is 1. The van der Waals surface area contributed by atoms with Crippen molar-refractivity contribution in [2.75, 3.05) is 19.7 Å². The molecular formula is C15H19ClN4O3. The Hall–Kier alpha value is -1.86. The molecule has 3 heterocycles. The number of hydrogen-bond donors (Lipinski definition) is 0. The van der Waals surface area contributed by atoms with E-state index in [1.54, 1.807) is 23.5 Å². The predicted molar refractivity (Wildman–Crippen MR) is 84.5 cm³/mol. The van der Waals surface area contributed by atoms with Gasteiger partial charge in [-0.15, -0.1) is 0 Å². The summed E-state index contributed by atoms with van der Waals surface area (Å²) in [7, 11) is 0. The largest absolute Gasteiger partial charge is 0.444 e. The van der Waals surface area contributed by atoms with Gasteiger partial charge in [-0.2, -0.15) is 0 Å². The SMILES string of the molecule is CC(C)(C)OC(=O)N1CCOC(c2ncc3c(Cl)nccn23)C1. The quantitative estimate of drug-likeness (QED) is 0.799. The summed E-state index contributed by atoms with van der Waals surface area (Å²) < 4.78 is 13.0. The van der Waals surface area contributed by atoms with Gasteiger partial charge in [0.2, 0.25) is 0 Å². The summed E-state index contributed by atoms with van der Waals surface area (Å²) in [6.45, 7) is 6.85. The van der Waals surface area contributed by atoms with Crippen molar-refractivity contribution in [1.82, 2.24) is 19.3 Å². The van der Waals surface area contributed by atoms with Gasteiger partial charge >= 0.3 is 6.09 Å². The lowest BCUT2D eigenvalue weighted by Crippen LogP contribution is -2.45. The Morgan fingerprint density at radius 2 is 2.22 bits per heavy atom. The lowest BCUT2D eigenvalue weighted by atomic mass is 10.2. The first-order valence-electron chi connectivity index (χ1n) is 7.42. The Kier molecular flexibility index (Phi) is 4.16. The van der Waals surface area contributed by atoms with Crippen LogP contribution in [0.25, 0.3) is 5.52 Å². The van der Waals surface area contributed by atoms with Crippen LogP contribution in [0.15, 0.2) is 18.6 Å². The van der Waals surface area contributed by atoms with E-state index < -0.39 is 5.60 Å². The number of amides is 1. The lowest BCUT2D eigenvalue weighted by Gasteiger charge is -2.33. The minimum atomic E-state index is -0.524. The smallest absolute Gasteiger partial charge is 0.410 e. The second-order valence-electron chi connectivity index (χ2n) is 6.38. The summed E-state index contributed by atoms with van der Waals surface area (Å²) >= 11 is 6.06. The predicted octanol–water partition coefficient (Wildman–Crippen LogP) is 2.69. The van der Waals surface area contributed by atoms with Crippen molar-refractivity contribution in [2.45, 2.75) is 32.5 Å². The molecule has 0 aliphatic carbocycles. The number of morpholine rings is 1. The number of aromatic nitrogens is 3. The molecule has 1 fully saturated rings. The lowest BCUT2D eigenvalue weighted by molar-refractivity contribution is -0.0464. The zero-order chi connectivity index (χ0) is 16.6. The van der Waals surface area contributed by atoms with Crippen LogP contribution in [-0.4, -0.2) is 50.7 Å². The van der Waals surface area contributed by atoms with E-state index in [0.29, 0.717) is 36.2 Å². The molecule has 8 heteroatoms. The van der Waals surface area contributed by atoms with Crippen molar-refractivity contribution in [3.63, 3.8) is 0 Å². The third-order valence-electron chi connectivity index (χ3n) is 3.45. The highest BCUT2D eigenvalue weighted by molar-refractivity contribution is 6.32. The number of carbonyl (C=O) groups is 1. The van der Waals surface area contributed by atoms with Crippen LogP contribution in [0.1, 0.15) is 32.7 Å². The zero-order valence-electron chi connectivity index (χ0n) is 13.3. The number of halogens is 1. The van der Waals surface area contributed by atoms with E-state index in [2.05, 4.69) is 9.97 Å². The fourth-order valence-electron chi connectivity index (χ4n) is 2.45. The van der Waals surface area contributed by atoms with Gasteiger partial charge in [0.25, 0.3) is 0 Å². The van der Waals surface area contributed by atoms with Crippen LogP contribution in [0.2, 0.25) is 5.15 Å². The Labute approximate surface area is 139 Å². The molecule has 0 N–H and O–H groups in total. The highest BCUT2D eigenvalue weighted by atomic mass is 35.5. The first-order chi connectivity index (χ1) is 10.8. The van der Waals surface area contributed by atoms with Crippen LogP contribution in [0.4, 0.5) is 4.79 Å². The molecule has 124 valence electrons. The molecule has 1 atom stereocenters. The van der Waals surface area contributed by atoms with Crippen molar-refractivity contribution in [1.29, 1.82) is 0 Å². The standard InChI is InChI=1S/C15H19ClN4O3/c1-15(2,3)23-14(21)19-6-7-22-11(9-19)13-18-8-10-12(16)17-4-5-20(10)13/h4-5,8,11H,6-7,9H2,1-3H3. The molecule has 7 nitrogen and oxygen atoms in total. The summed E-state index contributed by atoms with van der Waals surface area (Å²) in [5, 5.41) is 0.381. The van der Waals surface area contributed by atoms with Gasteiger partial charge in [-0.3, -0.25) is 4.40 Å². The maximum Gasteiger partial charge on any atom is 0.410 e. The number of hydrogen-bond acceptors (Lipinski definition) is 5. The molecule has 2 aromatic rings. The first-order valence-corrected chi connectivity index (χ1v) is 7.80. The van der Waals surface area contributed by atoms with Crippen molar-refractivity contribution in [3.8, 4) is 0 Å². The topological polar surface area (TPSA) is 69.0 Å². The fourth-order valence-corrected chi connectivity index (χ4v) is 2.65. The fraction of sp³-hybridized carbons (Fsp3) is 0.533. The Morgan fingerprint density at radius 3 is 2.96 bits per heavy atom. The minimum absolute atomic E-state index is 0.336. The van der Waals surface area contributed by atoms with Gasteiger partial charge in [0.05, 0.1) is 19.3 Å². The van der Waals surface area contributed by atoms with E-state index in [9.17, 15) is 4.79 Å². The van der Waals surface area contributed by atoms with E-state index in [-0.39, 0.29) is 12.2 Å². The minimum Gasteiger partial charge on any atom is -0.444 e. The van der Waals surface area contributed by atoms with Crippen LogP contribution in [0.3, 0.4) is 0 Å². The van der Waals surface area contributed by atoms with Crippen LogP contribution in [-0.2, 0) is 9.47 Å². The molecular weight excluding hydrogens is 320 g/mol. The number of carbonyl (C=O) groups excluding carboxylic acids is 1. The molecule has 1 aliphatic heterocycles. The number of ether oxygens (including phenoxy) is 2. The molecule has 0 bridgehead atoms. The van der Waals surface area contributed by atoms with Gasteiger partial charge in [0, 0.05) is 18.9 Å². The van der Waals surface area contributed by atoms with Crippen molar-refractivity contribution in [3.05, 3.63) is 29.6 Å². The van der Waals surface area contributed by atoms with E-state index in [4.69, 9.17) is 21.1 Å². The monoisotopic (exact) mass is 338 g/mol. The zero-order valence-corrected chi connectivity index (χ0v) is 14.1. The summed E-state index contributed by atoms with van der Waals surface area (Å²) in [5.74, 6) is 0.692. The summed E-state index contributed by atoms with van der Waals surface area (Å²) in [4.78, 5) is 22.3. The summed E-state index contributed by atoms with van der Waals surface area (Å²) in [6.07, 6.45) is 4.36. The van der Waals surface area contributed by atoms with E-state index in [1.807, 2.05) is 25.2 Å². The summed E-state index contributed by atoms with van der Waals surface area (Å²) in [6, 6.07) is 0. The molecule has 2 aromatic heterocycles. The molecule has 1 saturated heterocycles. The summed E-state index contributed by atoms with van der Waals surface area (Å²) in [5.41, 5.74) is 0.187. The van der Waals surface area contributed by atoms with Crippen LogP contribution in [0, 0.1) is 0 Å². The van der Waals surface area contributed by atoms with Gasteiger partial charge in [-0.05, 0) is 20.8 Å². The third kappa shape index (κ3) is 3.40.